The van der Waals surface area contributed by atoms with Crippen molar-refractivity contribution >= 4 is 17.7 Å². The number of aliphatic hydroxyl groups excluding tert-OH is 3. The van der Waals surface area contributed by atoms with Crippen LogP contribution in [-0.2, 0) is 0 Å². The van der Waals surface area contributed by atoms with Gasteiger partial charge in [-0.05, 0) is 18.2 Å². The van der Waals surface area contributed by atoms with E-state index in [1.165, 1.54) is 0 Å². The predicted octanol–water partition coefficient (Wildman–Crippen LogP) is -4.19. The van der Waals surface area contributed by atoms with Crippen LogP contribution in [0.1, 0.15) is 31.1 Å². The Labute approximate surface area is 153 Å². The first kappa shape index (κ1) is 22.4. The standard InChI is InChI=1S/C15H21N3O9/c19-10(20)4-16-13(25)7-1-8(14(26)17-5-11(21)22)3-9(2-7)15(27)18-6-12(23)24/h1-3,10-12,19-24H,4-6H2,(H,16,25)(H,17,26)(H,18,27). The normalized spacial score (nSPS) is 11.0. The second-order valence-corrected chi connectivity index (χ2v) is 5.37. The van der Waals surface area contributed by atoms with E-state index in [1.807, 2.05) is 0 Å². The largest absolute Gasteiger partial charge is 0.367 e. The molecule has 12 nitrogen and oxygen atoms in total. The van der Waals surface area contributed by atoms with Crippen LogP contribution in [0, 0.1) is 0 Å². The van der Waals surface area contributed by atoms with Crippen molar-refractivity contribution in [2.45, 2.75) is 18.9 Å². The topological polar surface area (TPSA) is 209 Å². The van der Waals surface area contributed by atoms with Gasteiger partial charge in [-0.1, -0.05) is 0 Å². The van der Waals surface area contributed by atoms with Crippen LogP contribution in [0.3, 0.4) is 0 Å². The molecule has 1 aromatic rings. The molecule has 150 valence electrons. The van der Waals surface area contributed by atoms with Gasteiger partial charge in [-0.25, -0.2) is 0 Å². The zero-order valence-electron chi connectivity index (χ0n) is 14.0. The van der Waals surface area contributed by atoms with Gasteiger partial charge in [0.1, 0.15) is 0 Å². The number of nitrogens with one attached hydrogen (secondary N) is 3. The van der Waals surface area contributed by atoms with Crippen molar-refractivity contribution in [3.8, 4) is 0 Å². The molecule has 0 aliphatic rings. The highest BCUT2D eigenvalue weighted by Gasteiger charge is 2.17. The van der Waals surface area contributed by atoms with Gasteiger partial charge in [0, 0.05) is 16.7 Å². The van der Waals surface area contributed by atoms with Crippen LogP contribution in [0.5, 0.6) is 0 Å². The average Bonchev–Trinajstić information content (AvgIpc) is 2.61. The Morgan fingerprint density at radius 2 is 0.815 bits per heavy atom. The molecule has 0 atom stereocenters. The van der Waals surface area contributed by atoms with Crippen molar-refractivity contribution in [1.29, 1.82) is 0 Å². The van der Waals surface area contributed by atoms with Crippen molar-refractivity contribution in [3.63, 3.8) is 0 Å². The van der Waals surface area contributed by atoms with Gasteiger partial charge in [0.15, 0.2) is 18.9 Å². The van der Waals surface area contributed by atoms with Crippen LogP contribution in [0.15, 0.2) is 18.2 Å². The lowest BCUT2D eigenvalue weighted by Crippen LogP contribution is -2.35. The molecule has 0 aliphatic heterocycles. The van der Waals surface area contributed by atoms with E-state index >= 15 is 0 Å². The molecule has 9 N–H and O–H groups in total. The maximum Gasteiger partial charge on any atom is 0.251 e. The summed E-state index contributed by atoms with van der Waals surface area (Å²) in [4.78, 5) is 36.2. The number of benzene rings is 1. The second-order valence-electron chi connectivity index (χ2n) is 5.37. The van der Waals surface area contributed by atoms with Gasteiger partial charge in [-0.3, -0.25) is 14.4 Å². The fraction of sp³-hybridized carbons (Fsp3) is 0.400. The third-order valence-electron chi connectivity index (χ3n) is 3.06. The summed E-state index contributed by atoms with van der Waals surface area (Å²) < 4.78 is 0. The predicted molar refractivity (Wildman–Crippen MR) is 88.1 cm³/mol. The first-order chi connectivity index (χ1) is 12.6. The number of carbonyl (C=O) groups excluding carboxylic acids is 3. The fourth-order valence-corrected chi connectivity index (χ4v) is 1.88. The lowest BCUT2D eigenvalue weighted by atomic mass is 10.0. The quantitative estimate of drug-likeness (QED) is 0.188. The molecule has 0 radical (unpaired) electrons. The summed E-state index contributed by atoms with van der Waals surface area (Å²) in [7, 11) is 0. The monoisotopic (exact) mass is 387 g/mol. The highest BCUT2D eigenvalue weighted by atomic mass is 16.5. The summed E-state index contributed by atoms with van der Waals surface area (Å²) in [6.07, 6.45) is -5.42. The molecule has 0 unspecified atom stereocenters. The van der Waals surface area contributed by atoms with E-state index in [1.54, 1.807) is 0 Å². The van der Waals surface area contributed by atoms with Gasteiger partial charge in [0.2, 0.25) is 0 Å². The molecule has 1 aromatic carbocycles. The SMILES string of the molecule is O=C(NCC(O)O)c1cc(C(=O)NCC(O)O)cc(C(=O)NCC(O)O)c1. The molecule has 0 aromatic heterocycles. The van der Waals surface area contributed by atoms with E-state index in [9.17, 15) is 14.4 Å². The molecule has 27 heavy (non-hydrogen) atoms. The average molecular weight is 387 g/mol. The third-order valence-corrected chi connectivity index (χ3v) is 3.06. The van der Waals surface area contributed by atoms with Crippen LogP contribution in [-0.4, -0.2) is 86.9 Å². The highest BCUT2D eigenvalue weighted by molar-refractivity contribution is 6.04. The van der Waals surface area contributed by atoms with E-state index in [0.29, 0.717) is 0 Å². The number of amides is 3. The number of rotatable bonds is 9. The van der Waals surface area contributed by atoms with Gasteiger partial charge in [0.05, 0.1) is 19.6 Å². The molecule has 0 saturated carbocycles. The molecule has 0 saturated heterocycles. The van der Waals surface area contributed by atoms with Gasteiger partial charge >= 0.3 is 0 Å². The summed E-state index contributed by atoms with van der Waals surface area (Å²) in [6.45, 7) is -1.49. The van der Waals surface area contributed by atoms with Gasteiger partial charge in [0.25, 0.3) is 17.7 Å². The molecule has 0 bridgehead atoms. The van der Waals surface area contributed by atoms with E-state index in [4.69, 9.17) is 30.6 Å². The Kier molecular flexibility index (Phi) is 8.74. The molecule has 12 heteroatoms. The van der Waals surface area contributed by atoms with Gasteiger partial charge in [-0.2, -0.15) is 0 Å². The summed E-state index contributed by atoms with van der Waals surface area (Å²) in [6, 6.07) is 3.32. The molecular weight excluding hydrogens is 366 g/mol. The second kappa shape index (κ2) is 10.5. The number of hydrogen-bond acceptors (Lipinski definition) is 9. The number of hydrogen-bond donors (Lipinski definition) is 9. The summed E-state index contributed by atoms with van der Waals surface area (Å²) >= 11 is 0. The summed E-state index contributed by atoms with van der Waals surface area (Å²) in [5.74, 6) is -2.43. The van der Waals surface area contributed by atoms with Crippen LogP contribution < -0.4 is 16.0 Å². The Morgan fingerprint density at radius 3 is 1.00 bits per heavy atom. The minimum absolute atomic E-state index is 0.164. The van der Waals surface area contributed by atoms with Crippen LogP contribution in [0.4, 0.5) is 0 Å². The van der Waals surface area contributed by atoms with E-state index in [-0.39, 0.29) is 16.7 Å². The number of aliphatic hydroxyl groups is 6. The Bertz CT molecular complexity index is 574. The molecule has 0 fully saturated rings. The fourth-order valence-electron chi connectivity index (χ4n) is 1.88. The van der Waals surface area contributed by atoms with Crippen molar-refractivity contribution < 1.29 is 45.0 Å². The zero-order valence-corrected chi connectivity index (χ0v) is 14.0. The zero-order chi connectivity index (χ0) is 20.6. The highest BCUT2D eigenvalue weighted by Crippen LogP contribution is 2.12. The van der Waals surface area contributed by atoms with E-state index in [0.717, 1.165) is 18.2 Å². The Hall–Kier alpha value is -2.61. The Balaban J connectivity index is 3.11. The third kappa shape index (κ3) is 8.08. The maximum atomic E-state index is 12.1. The Morgan fingerprint density at radius 1 is 0.593 bits per heavy atom. The van der Waals surface area contributed by atoms with Crippen molar-refractivity contribution in [2.75, 3.05) is 19.6 Å². The van der Waals surface area contributed by atoms with Crippen LogP contribution >= 0.6 is 0 Å². The van der Waals surface area contributed by atoms with Crippen molar-refractivity contribution in [1.82, 2.24) is 16.0 Å². The van der Waals surface area contributed by atoms with E-state index < -0.39 is 56.2 Å². The van der Waals surface area contributed by atoms with Gasteiger partial charge in [-0.15, -0.1) is 0 Å². The molecule has 3 amide bonds. The molecule has 0 spiro atoms. The number of carbonyl (C=O) groups is 3. The first-order valence-corrected chi connectivity index (χ1v) is 7.68. The van der Waals surface area contributed by atoms with Crippen LogP contribution in [0.2, 0.25) is 0 Å². The lowest BCUT2D eigenvalue weighted by molar-refractivity contribution is -0.0365. The maximum absolute atomic E-state index is 12.1. The minimum atomic E-state index is -1.81. The lowest BCUT2D eigenvalue weighted by Gasteiger charge is -2.12. The molecule has 0 aliphatic carbocycles. The van der Waals surface area contributed by atoms with E-state index in [2.05, 4.69) is 16.0 Å². The smallest absolute Gasteiger partial charge is 0.251 e. The van der Waals surface area contributed by atoms with Crippen molar-refractivity contribution in [3.05, 3.63) is 34.9 Å². The summed E-state index contributed by atoms with van der Waals surface area (Å²) in [5, 5.41) is 59.3. The van der Waals surface area contributed by atoms with Crippen LogP contribution in [0.25, 0.3) is 0 Å². The minimum Gasteiger partial charge on any atom is -0.367 e. The molecule has 1 rings (SSSR count). The van der Waals surface area contributed by atoms with Crippen molar-refractivity contribution in [2.24, 2.45) is 0 Å². The first-order valence-electron chi connectivity index (χ1n) is 7.68. The molecular formula is C15H21N3O9. The van der Waals surface area contributed by atoms with Gasteiger partial charge < -0.3 is 46.6 Å². The molecule has 0 heterocycles. The summed E-state index contributed by atoms with van der Waals surface area (Å²) in [5.41, 5.74) is -0.493.